The van der Waals surface area contributed by atoms with Gasteiger partial charge < -0.3 is 15.9 Å². The Bertz CT molecular complexity index is 159. The van der Waals surface area contributed by atoms with Gasteiger partial charge in [-0.15, -0.1) is 0 Å². The van der Waals surface area contributed by atoms with Gasteiger partial charge >= 0.3 is 5.97 Å². The SMILES string of the molecule is O.O=C(O)[C@H]1NCC2CC21. The average Bonchev–Trinajstić information content (AvgIpc) is 2.43. The molecule has 4 N–H and O–H groups in total. The molecular weight excluding hydrogens is 134 g/mol. The lowest BCUT2D eigenvalue weighted by Crippen LogP contribution is -2.34. The number of nitrogens with one attached hydrogen (secondary N) is 1. The fraction of sp³-hybridized carbons (Fsp3) is 0.833. The van der Waals surface area contributed by atoms with Gasteiger partial charge in [0, 0.05) is 0 Å². The Kier molecular flexibility index (Phi) is 1.66. The molecule has 0 aromatic heterocycles. The van der Waals surface area contributed by atoms with E-state index in [0.29, 0.717) is 11.8 Å². The fourth-order valence-corrected chi connectivity index (χ4v) is 1.61. The van der Waals surface area contributed by atoms with Gasteiger partial charge in [0.2, 0.25) is 0 Å². The van der Waals surface area contributed by atoms with Crippen molar-refractivity contribution in [1.29, 1.82) is 0 Å². The van der Waals surface area contributed by atoms with Gasteiger partial charge in [-0.2, -0.15) is 0 Å². The topological polar surface area (TPSA) is 80.8 Å². The zero-order chi connectivity index (χ0) is 6.43. The molecular formula is C6H11NO3. The molecule has 58 valence electrons. The fourth-order valence-electron chi connectivity index (χ4n) is 1.61. The smallest absolute Gasteiger partial charge is 0.320 e. The Morgan fingerprint density at radius 2 is 2.30 bits per heavy atom. The lowest BCUT2D eigenvalue weighted by molar-refractivity contribution is -0.139. The molecule has 2 aliphatic rings. The van der Waals surface area contributed by atoms with Gasteiger partial charge in [0.1, 0.15) is 6.04 Å². The van der Waals surface area contributed by atoms with E-state index in [-0.39, 0.29) is 11.5 Å². The molecule has 1 saturated carbocycles. The zero-order valence-corrected chi connectivity index (χ0v) is 5.50. The Morgan fingerprint density at radius 1 is 1.60 bits per heavy atom. The molecule has 1 aliphatic heterocycles. The largest absolute Gasteiger partial charge is 0.480 e. The molecule has 2 fully saturated rings. The molecule has 0 amide bonds. The van der Waals surface area contributed by atoms with Gasteiger partial charge in [-0.05, 0) is 24.8 Å². The van der Waals surface area contributed by atoms with Crippen LogP contribution in [0.15, 0.2) is 0 Å². The molecule has 0 radical (unpaired) electrons. The summed E-state index contributed by atoms with van der Waals surface area (Å²) >= 11 is 0. The van der Waals surface area contributed by atoms with Crippen LogP contribution in [-0.4, -0.2) is 29.1 Å². The summed E-state index contributed by atoms with van der Waals surface area (Å²) in [5.41, 5.74) is 0. The monoisotopic (exact) mass is 145 g/mol. The van der Waals surface area contributed by atoms with E-state index in [4.69, 9.17) is 5.11 Å². The maximum absolute atomic E-state index is 10.4. The summed E-state index contributed by atoms with van der Waals surface area (Å²) in [5.74, 6) is 0.466. The van der Waals surface area contributed by atoms with Gasteiger partial charge in [0.25, 0.3) is 0 Å². The number of hydrogen-bond donors (Lipinski definition) is 2. The van der Waals surface area contributed by atoms with Crippen LogP contribution in [-0.2, 0) is 4.79 Å². The standard InChI is InChI=1S/C6H9NO2.H2O/c8-6(9)5-4-1-3(4)2-7-5;/h3-5,7H,1-2H2,(H,8,9);1H2/t3?,4?,5-;/m0./s1. The summed E-state index contributed by atoms with van der Waals surface area (Å²) in [6.45, 7) is 0.918. The van der Waals surface area contributed by atoms with E-state index in [1.165, 1.54) is 0 Å². The van der Waals surface area contributed by atoms with Crippen molar-refractivity contribution in [2.45, 2.75) is 12.5 Å². The molecule has 2 rings (SSSR count). The summed E-state index contributed by atoms with van der Waals surface area (Å²) < 4.78 is 0. The average molecular weight is 145 g/mol. The maximum atomic E-state index is 10.4. The lowest BCUT2D eigenvalue weighted by atomic mass is 10.2. The molecule has 1 aliphatic carbocycles. The van der Waals surface area contributed by atoms with Crippen LogP contribution in [0.2, 0.25) is 0 Å². The van der Waals surface area contributed by atoms with Crippen LogP contribution in [0, 0.1) is 11.8 Å². The first-order valence-corrected chi connectivity index (χ1v) is 3.25. The number of hydrogen-bond acceptors (Lipinski definition) is 2. The first-order chi connectivity index (χ1) is 4.29. The van der Waals surface area contributed by atoms with Crippen molar-refractivity contribution < 1.29 is 15.4 Å². The molecule has 2 unspecified atom stereocenters. The Labute approximate surface area is 58.5 Å². The number of fused-ring (bicyclic) bond motifs is 1. The van der Waals surface area contributed by atoms with Crippen LogP contribution in [0.4, 0.5) is 0 Å². The zero-order valence-electron chi connectivity index (χ0n) is 5.50. The summed E-state index contributed by atoms with van der Waals surface area (Å²) in [7, 11) is 0. The normalized spacial score (nSPS) is 41.8. The summed E-state index contributed by atoms with van der Waals surface area (Å²) in [4.78, 5) is 10.4. The van der Waals surface area contributed by atoms with E-state index < -0.39 is 5.97 Å². The first kappa shape index (κ1) is 7.50. The number of rotatable bonds is 1. The highest BCUT2D eigenvalue weighted by atomic mass is 16.4. The molecule has 1 saturated heterocycles. The lowest BCUT2D eigenvalue weighted by Gasteiger charge is -2.04. The van der Waals surface area contributed by atoms with Gasteiger partial charge in [0.05, 0.1) is 0 Å². The van der Waals surface area contributed by atoms with E-state index in [1.54, 1.807) is 0 Å². The van der Waals surface area contributed by atoms with Gasteiger partial charge in [0.15, 0.2) is 0 Å². The molecule has 3 atom stereocenters. The molecule has 4 heteroatoms. The molecule has 10 heavy (non-hydrogen) atoms. The van der Waals surface area contributed by atoms with Gasteiger partial charge in [-0.3, -0.25) is 4.79 Å². The molecule has 4 nitrogen and oxygen atoms in total. The van der Waals surface area contributed by atoms with Crippen LogP contribution < -0.4 is 5.32 Å². The Hall–Kier alpha value is -0.610. The minimum Gasteiger partial charge on any atom is -0.480 e. The third-order valence-corrected chi connectivity index (χ3v) is 2.27. The number of carboxylic acids is 1. The second kappa shape index (κ2) is 2.21. The maximum Gasteiger partial charge on any atom is 0.320 e. The van der Waals surface area contributed by atoms with Crippen molar-refractivity contribution in [2.24, 2.45) is 11.8 Å². The van der Waals surface area contributed by atoms with E-state index in [9.17, 15) is 4.79 Å². The van der Waals surface area contributed by atoms with Crippen molar-refractivity contribution in [1.82, 2.24) is 5.32 Å². The number of piperidine rings is 1. The molecule has 0 aromatic rings. The van der Waals surface area contributed by atoms with Crippen LogP contribution in [0.5, 0.6) is 0 Å². The summed E-state index contributed by atoms with van der Waals surface area (Å²) in [5, 5.41) is 11.5. The van der Waals surface area contributed by atoms with Crippen molar-refractivity contribution in [3.05, 3.63) is 0 Å². The minimum absolute atomic E-state index is 0. The van der Waals surface area contributed by atoms with E-state index in [1.807, 2.05) is 0 Å². The molecule has 0 bridgehead atoms. The molecule has 1 heterocycles. The van der Waals surface area contributed by atoms with Crippen LogP contribution >= 0.6 is 0 Å². The van der Waals surface area contributed by atoms with Crippen molar-refractivity contribution in [2.75, 3.05) is 6.54 Å². The van der Waals surface area contributed by atoms with Crippen LogP contribution in [0.1, 0.15) is 6.42 Å². The number of carboxylic acid groups (broad SMARTS) is 1. The third kappa shape index (κ3) is 0.892. The van der Waals surface area contributed by atoms with E-state index in [0.717, 1.165) is 13.0 Å². The highest BCUT2D eigenvalue weighted by Gasteiger charge is 2.51. The summed E-state index contributed by atoms with van der Waals surface area (Å²) in [6.07, 6.45) is 1.13. The Morgan fingerprint density at radius 3 is 2.50 bits per heavy atom. The molecule has 0 spiro atoms. The third-order valence-electron chi connectivity index (χ3n) is 2.27. The second-order valence-electron chi connectivity index (χ2n) is 2.88. The highest BCUT2D eigenvalue weighted by Crippen LogP contribution is 2.44. The first-order valence-electron chi connectivity index (χ1n) is 3.25. The second-order valence-corrected chi connectivity index (χ2v) is 2.88. The number of aliphatic carboxylic acids is 1. The quantitative estimate of drug-likeness (QED) is 0.489. The highest BCUT2D eigenvalue weighted by molar-refractivity contribution is 5.75. The summed E-state index contributed by atoms with van der Waals surface area (Å²) in [6, 6.07) is -0.227. The predicted octanol–water partition coefficient (Wildman–Crippen LogP) is -1.15. The van der Waals surface area contributed by atoms with Gasteiger partial charge in [-0.25, -0.2) is 0 Å². The van der Waals surface area contributed by atoms with Gasteiger partial charge in [-0.1, -0.05) is 0 Å². The van der Waals surface area contributed by atoms with Crippen molar-refractivity contribution in [3.63, 3.8) is 0 Å². The van der Waals surface area contributed by atoms with Crippen LogP contribution in [0.25, 0.3) is 0 Å². The van der Waals surface area contributed by atoms with Crippen LogP contribution in [0.3, 0.4) is 0 Å². The predicted molar refractivity (Wildman–Crippen MR) is 34.6 cm³/mol. The van der Waals surface area contributed by atoms with Crippen molar-refractivity contribution in [3.8, 4) is 0 Å². The minimum atomic E-state index is -0.681. The number of carbonyl (C=O) groups is 1. The van der Waals surface area contributed by atoms with E-state index in [2.05, 4.69) is 5.32 Å². The molecule has 0 aromatic carbocycles. The Balaban J connectivity index is 0.000000500. The van der Waals surface area contributed by atoms with E-state index >= 15 is 0 Å². The van der Waals surface area contributed by atoms with Crippen molar-refractivity contribution >= 4 is 5.97 Å².